The minimum Gasteiger partial charge on any atom is -0.367 e. The normalized spacial score (nSPS) is 27.8. The lowest BCUT2D eigenvalue weighted by Crippen LogP contribution is -2.30. The van der Waals surface area contributed by atoms with E-state index in [9.17, 15) is 10.1 Å². The van der Waals surface area contributed by atoms with Crippen LogP contribution in [0.3, 0.4) is 0 Å². The SMILES string of the molecule is CC1CCC(Nc2ccc([N+](=O)[O-])cn2)CC1C. The highest BCUT2D eigenvalue weighted by Gasteiger charge is 2.24. The summed E-state index contributed by atoms with van der Waals surface area (Å²) in [5.74, 6) is 2.23. The molecule has 1 aliphatic carbocycles. The third-order valence-electron chi connectivity index (χ3n) is 3.91. The molecule has 0 saturated heterocycles. The number of nitrogens with zero attached hydrogens (tertiary/aromatic N) is 2. The van der Waals surface area contributed by atoms with Gasteiger partial charge in [0.05, 0.1) is 4.92 Å². The molecular formula is C13H19N3O2. The summed E-state index contributed by atoms with van der Waals surface area (Å²) in [5.41, 5.74) is 0.0335. The molecule has 1 heterocycles. The molecule has 5 nitrogen and oxygen atoms in total. The predicted molar refractivity (Wildman–Crippen MR) is 70.5 cm³/mol. The molecule has 18 heavy (non-hydrogen) atoms. The first kappa shape index (κ1) is 12.8. The Balaban J connectivity index is 1.95. The standard InChI is InChI=1S/C13H19N3O2/c1-9-3-4-11(7-10(9)2)15-13-6-5-12(8-14-13)16(17)18/h5-6,8-11H,3-4,7H2,1-2H3,(H,14,15). The highest BCUT2D eigenvalue weighted by molar-refractivity contribution is 5.40. The smallest absolute Gasteiger partial charge is 0.287 e. The van der Waals surface area contributed by atoms with Crippen molar-refractivity contribution in [1.29, 1.82) is 0 Å². The molecule has 2 rings (SSSR count). The summed E-state index contributed by atoms with van der Waals surface area (Å²) in [5, 5.41) is 13.9. The maximum absolute atomic E-state index is 10.5. The van der Waals surface area contributed by atoms with Gasteiger partial charge in [-0.15, -0.1) is 0 Å². The van der Waals surface area contributed by atoms with Crippen molar-refractivity contribution in [2.75, 3.05) is 5.32 Å². The van der Waals surface area contributed by atoms with Gasteiger partial charge < -0.3 is 5.32 Å². The summed E-state index contributed by atoms with van der Waals surface area (Å²) in [6.07, 6.45) is 4.81. The van der Waals surface area contributed by atoms with Crippen molar-refractivity contribution in [2.45, 2.75) is 39.2 Å². The van der Waals surface area contributed by atoms with Gasteiger partial charge in [0.2, 0.25) is 0 Å². The number of aromatic nitrogens is 1. The second kappa shape index (κ2) is 5.33. The first-order valence-corrected chi connectivity index (χ1v) is 6.43. The van der Waals surface area contributed by atoms with Gasteiger partial charge in [-0.2, -0.15) is 0 Å². The zero-order valence-corrected chi connectivity index (χ0v) is 10.8. The van der Waals surface area contributed by atoms with Crippen LogP contribution < -0.4 is 5.32 Å². The Morgan fingerprint density at radius 3 is 2.67 bits per heavy atom. The Morgan fingerprint density at radius 1 is 1.33 bits per heavy atom. The molecule has 98 valence electrons. The first-order valence-electron chi connectivity index (χ1n) is 6.43. The van der Waals surface area contributed by atoms with Crippen LogP contribution in [-0.4, -0.2) is 15.9 Å². The van der Waals surface area contributed by atoms with E-state index in [1.807, 2.05) is 0 Å². The molecular weight excluding hydrogens is 230 g/mol. The van der Waals surface area contributed by atoms with Gasteiger partial charge in [0.1, 0.15) is 12.0 Å². The Kier molecular flexibility index (Phi) is 3.79. The van der Waals surface area contributed by atoms with E-state index in [1.165, 1.54) is 18.7 Å². The van der Waals surface area contributed by atoms with E-state index in [2.05, 4.69) is 24.1 Å². The largest absolute Gasteiger partial charge is 0.367 e. The molecule has 3 unspecified atom stereocenters. The van der Waals surface area contributed by atoms with Gasteiger partial charge in [-0.05, 0) is 37.2 Å². The van der Waals surface area contributed by atoms with Gasteiger partial charge in [-0.3, -0.25) is 10.1 Å². The van der Waals surface area contributed by atoms with Crippen molar-refractivity contribution in [1.82, 2.24) is 4.98 Å². The summed E-state index contributed by atoms with van der Waals surface area (Å²) in [6, 6.07) is 3.61. The third kappa shape index (κ3) is 2.97. The van der Waals surface area contributed by atoms with Crippen molar-refractivity contribution < 1.29 is 4.92 Å². The lowest BCUT2D eigenvalue weighted by molar-refractivity contribution is -0.385. The van der Waals surface area contributed by atoms with Gasteiger partial charge in [0.15, 0.2) is 0 Å². The van der Waals surface area contributed by atoms with E-state index in [4.69, 9.17) is 0 Å². The van der Waals surface area contributed by atoms with Crippen LogP contribution in [0.25, 0.3) is 0 Å². The molecule has 0 aromatic carbocycles. The van der Waals surface area contributed by atoms with Crippen LogP contribution in [0.4, 0.5) is 11.5 Å². The third-order valence-corrected chi connectivity index (χ3v) is 3.91. The Labute approximate surface area is 107 Å². The molecule has 0 spiro atoms. The molecule has 0 amide bonds. The van der Waals surface area contributed by atoms with E-state index in [1.54, 1.807) is 6.07 Å². The minimum absolute atomic E-state index is 0.0335. The summed E-state index contributed by atoms with van der Waals surface area (Å²) in [4.78, 5) is 14.2. The topological polar surface area (TPSA) is 68.1 Å². The van der Waals surface area contributed by atoms with Crippen molar-refractivity contribution in [3.8, 4) is 0 Å². The van der Waals surface area contributed by atoms with Gasteiger partial charge in [-0.1, -0.05) is 13.8 Å². The molecule has 3 atom stereocenters. The highest BCUT2D eigenvalue weighted by Crippen LogP contribution is 2.30. The lowest BCUT2D eigenvalue weighted by Gasteiger charge is -2.32. The molecule has 1 aliphatic rings. The van der Waals surface area contributed by atoms with E-state index in [0.29, 0.717) is 12.0 Å². The molecule has 1 saturated carbocycles. The summed E-state index contributed by atoms with van der Waals surface area (Å²) in [6.45, 7) is 4.58. The summed E-state index contributed by atoms with van der Waals surface area (Å²) >= 11 is 0. The monoisotopic (exact) mass is 249 g/mol. The molecule has 0 radical (unpaired) electrons. The van der Waals surface area contributed by atoms with Crippen LogP contribution in [0.2, 0.25) is 0 Å². The van der Waals surface area contributed by atoms with E-state index >= 15 is 0 Å². The van der Waals surface area contributed by atoms with Crippen LogP contribution in [0.5, 0.6) is 0 Å². The molecule has 1 aromatic heterocycles. The van der Waals surface area contributed by atoms with Gasteiger partial charge >= 0.3 is 0 Å². The molecule has 0 aliphatic heterocycles. The molecule has 1 N–H and O–H groups in total. The second-order valence-electron chi connectivity index (χ2n) is 5.27. The Bertz CT molecular complexity index is 419. The fourth-order valence-electron chi connectivity index (χ4n) is 2.47. The van der Waals surface area contributed by atoms with Crippen molar-refractivity contribution >= 4 is 11.5 Å². The zero-order valence-electron chi connectivity index (χ0n) is 10.8. The van der Waals surface area contributed by atoms with Crippen LogP contribution in [0.15, 0.2) is 18.3 Å². The predicted octanol–water partition coefficient (Wildman–Crippen LogP) is 3.23. The van der Waals surface area contributed by atoms with Crippen molar-refractivity contribution in [2.24, 2.45) is 11.8 Å². The van der Waals surface area contributed by atoms with Gasteiger partial charge in [0.25, 0.3) is 5.69 Å². The number of nitro groups is 1. The fraction of sp³-hybridized carbons (Fsp3) is 0.615. The average molecular weight is 249 g/mol. The van der Waals surface area contributed by atoms with Crippen LogP contribution in [-0.2, 0) is 0 Å². The zero-order chi connectivity index (χ0) is 13.1. The van der Waals surface area contributed by atoms with E-state index in [-0.39, 0.29) is 5.69 Å². The minimum atomic E-state index is -0.429. The van der Waals surface area contributed by atoms with Crippen molar-refractivity contribution in [3.05, 3.63) is 28.4 Å². The average Bonchev–Trinajstić information content (AvgIpc) is 2.34. The second-order valence-corrected chi connectivity index (χ2v) is 5.27. The van der Waals surface area contributed by atoms with Gasteiger partial charge in [-0.25, -0.2) is 4.98 Å². The van der Waals surface area contributed by atoms with E-state index in [0.717, 1.165) is 24.6 Å². The number of pyridine rings is 1. The number of hydrogen-bond donors (Lipinski definition) is 1. The molecule has 5 heteroatoms. The molecule has 1 fully saturated rings. The Hall–Kier alpha value is -1.65. The fourth-order valence-corrected chi connectivity index (χ4v) is 2.47. The number of rotatable bonds is 3. The number of nitrogens with one attached hydrogen (secondary N) is 1. The summed E-state index contributed by atoms with van der Waals surface area (Å²) in [7, 11) is 0. The van der Waals surface area contributed by atoms with Crippen molar-refractivity contribution in [3.63, 3.8) is 0 Å². The highest BCUT2D eigenvalue weighted by atomic mass is 16.6. The maximum Gasteiger partial charge on any atom is 0.287 e. The van der Waals surface area contributed by atoms with Crippen LogP contribution in [0.1, 0.15) is 33.1 Å². The number of anilines is 1. The number of hydrogen-bond acceptors (Lipinski definition) is 4. The first-order chi connectivity index (χ1) is 8.56. The quantitative estimate of drug-likeness (QED) is 0.659. The van der Waals surface area contributed by atoms with Crippen LogP contribution >= 0.6 is 0 Å². The lowest BCUT2D eigenvalue weighted by atomic mass is 9.79. The Morgan fingerprint density at radius 2 is 2.11 bits per heavy atom. The van der Waals surface area contributed by atoms with Crippen LogP contribution in [0, 0.1) is 22.0 Å². The molecule has 1 aromatic rings. The van der Waals surface area contributed by atoms with Gasteiger partial charge in [0, 0.05) is 12.1 Å². The molecule has 0 bridgehead atoms. The maximum atomic E-state index is 10.5. The van der Waals surface area contributed by atoms with E-state index < -0.39 is 4.92 Å². The summed E-state index contributed by atoms with van der Waals surface area (Å²) < 4.78 is 0.